The van der Waals surface area contributed by atoms with E-state index < -0.39 is 7.82 Å². The van der Waals surface area contributed by atoms with Crippen LogP contribution in [0.15, 0.2) is 0 Å². The quantitative estimate of drug-likeness (QED) is 0.519. The fourth-order valence-corrected chi connectivity index (χ4v) is 1.43. The van der Waals surface area contributed by atoms with E-state index in [-0.39, 0.29) is 18.9 Å². The van der Waals surface area contributed by atoms with E-state index in [1.165, 1.54) is 0 Å². The van der Waals surface area contributed by atoms with Crippen molar-refractivity contribution < 1.29 is 29.3 Å². The second-order valence-corrected chi connectivity index (χ2v) is 3.92. The van der Waals surface area contributed by atoms with E-state index in [0.717, 1.165) is 6.42 Å². The fourth-order valence-electron chi connectivity index (χ4n) is 1.08. The first-order chi connectivity index (χ1) is 5.47. The first-order valence-corrected chi connectivity index (χ1v) is 5.14. The number of rotatable bonds is 3. The van der Waals surface area contributed by atoms with Crippen molar-refractivity contribution in [1.82, 2.24) is 0 Å². The van der Waals surface area contributed by atoms with Crippen LogP contribution in [0.4, 0.5) is 0 Å². The minimum Gasteiger partial charge on any atom is -0.756 e. The molecule has 0 aromatic rings. The van der Waals surface area contributed by atoms with Crippen LogP contribution in [0, 0.1) is 0 Å². The van der Waals surface area contributed by atoms with Crippen LogP contribution in [-0.2, 0) is 13.8 Å². The van der Waals surface area contributed by atoms with Crippen LogP contribution < -0.4 is 10.6 Å². The van der Waals surface area contributed by atoms with Gasteiger partial charge in [-0.15, -0.1) is 0 Å². The molecule has 1 aliphatic heterocycles. The second kappa shape index (κ2) is 3.83. The van der Waals surface area contributed by atoms with Crippen molar-refractivity contribution in [3.05, 3.63) is 0 Å². The molecule has 0 spiro atoms. The van der Waals surface area contributed by atoms with Crippen molar-refractivity contribution in [2.24, 2.45) is 0 Å². The van der Waals surface area contributed by atoms with Crippen LogP contribution in [0.1, 0.15) is 12.8 Å². The molecule has 6 nitrogen and oxygen atoms in total. The predicted octanol–water partition coefficient (Wildman–Crippen LogP) is -1.79. The molecule has 7 heteroatoms. The SMILES string of the molecule is [NH3+][C@H]1CCC(COP(=O)([O-])O)O1. The molecule has 1 aliphatic rings. The standard InChI is InChI=1S/C5H12NO5P/c6-5-2-1-4(11-5)3-10-12(7,8)9/h4-5H,1-3,6H2,(H2,7,8,9)/t4?,5-/m1/s1. The van der Waals surface area contributed by atoms with Crippen molar-refractivity contribution in [2.75, 3.05) is 6.61 Å². The average Bonchev–Trinajstić information content (AvgIpc) is 2.30. The lowest BCUT2D eigenvalue weighted by molar-refractivity contribution is -0.485. The van der Waals surface area contributed by atoms with Gasteiger partial charge >= 0.3 is 0 Å². The third-order valence-electron chi connectivity index (χ3n) is 1.62. The zero-order valence-electron chi connectivity index (χ0n) is 6.51. The van der Waals surface area contributed by atoms with Crippen molar-refractivity contribution in [3.63, 3.8) is 0 Å². The van der Waals surface area contributed by atoms with Gasteiger partial charge in [0.15, 0.2) is 6.23 Å². The molecule has 0 radical (unpaired) electrons. The highest BCUT2D eigenvalue weighted by Crippen LogP contribution is 2.31. The summed E-state index contributed by atoms with van der Waals surface area (Å²) in [7, 11) is -4.59. The Balaban J connectivity index is 2.21. The van der Waals surface area contributed by atoms with Crippen molar-refractivity contribution in [3.8, 4) is 0 Å². The number of phosphoric acid groups is 1. The molecule has 1 heterocycles. The maximum Gasteiger partial charge on any atom is 0.265 e. The Bertz CT molecular complexity index is 192. The number of phosphoric ester groups is 1. The summed E-state index contributed by atoms with van der Waals surface area (Å²) in [5.74, 6) is 0. The van der Waals surface area contributed by atoms with E-state index in [9.17, 15) is 9.46 Å². The van der Waals surface area contributed by atoms with Gasteiger partial charge in [-0.25, -0.2) is 0 Å². The Kier molecular flexibility index (Phi) is 3.22. The van der Waals surface area contributed by atoms with E-state index in [4.69, 9.17) is 9.63 Å². The van der Waals surface area contributed by atoms with E-state index in [1.54, 1.807) is 0 Å². The van der Waals surface area contributed by atoms with E-state index in [1.807, 2.05) is 0 Å². The van der Waals surface area contributed by atoms with E-state index >= 15 is 0 Å². The van der Waals surface area contributed by atoms with Gasteiger partial charge in [-0.3, -0.25) is 4.57 Å². The van der Waals surface area contributed by atoms with Crippen LogP contribution in [0.3, 0.4) is 0 Å². The normalized spacial score (nSPS) is 34.9. The summed E-state index contributed by atoms with van der Waals surface area (Å²) in [6.45, 7) is -0.122. The van der Waals surface area contributed by atoms with Gasteiger partial charge in [0.1, 0.15) is 0 Å². The van der Waals surface area contributed by atoms with Gasteiger partial charge in [0.2, 0.25) is 0 Å². The molecule has 12 heavy (non-hydrogen) atoms. The zero-order valence-corrected chi connectivity index (χ0v) is 7.40. The summed E-state index contributed by atoms with van der Waals surface area (Å²) in [4.78, 5) is 18.4. The smallest absolute Gasteiger partial charge is 0.265 e. The van der Waals surface area contributed by atoms with Gasteiger partial charge in [-0.05, 0) is 6.42 Å². The number of hydrogen-bond donors (Lipinski definition) is 2. The van der Waals surface area contributed by atoms with Gasteiger partial charge < -0.3 is 24.8 Å². The van der Waals surface area contributed by atoms with Crippen LogP contribution in [0.2, 0.25) is 0 Å². The molecule has 1 fully saturated rings. The van der Waals surface area contributed by atoms with Gasteiger partial charge in [0.25, 0.3) is 7.82 Å². The number of ether oxygens (including phenoxy) is 1. The second-order valence-electron chi connectivity index (χ2n) is 2.72. The van der Waals surface area contributed by atoms with Crippen LogP contribution in [-0.4, -0.2) is 23.8 Å². The third kappa shape index (κ3) is 3.62. The van der Waals surface area contributed by atoms with E-state index in [0.29, 0.717) is 6.42 Å². The molecule has 2 unspecified atom stereocenters. The molecule has 0 aromatic carbocycles. The van der Waals surface area contributed by atoms with Gasteiger partial charge in [-0.1, -0.05) is 0 Å². The minimum atomic E-state index is -4.59. The monoisotopic (exact) mass is 197 g/mol. The lowest BCUT2D eigenvalue weighted by atomic mass is 10.2. The Morgan fingerprint density at radius 1 is 1.75 bits per heavy atom. The lowest BCUT2D eigenvalue weighted by Crippen LogP contribution is -2.60. The fraction of sp³-hybridized carbons (Fsp3) is 1.00. The number of quaternary nitrogens is 1. The van der Waals surface area contributed by atoms with Gasteiger partial charge in [0.05, 0.1) is 12.7 Å². The molecule has 3 atom stereocenters. The van der Waals surface area contributed by atoms with Crippen molar-refractivity contribution in [2.45, 2.75) is 25.2 Å². The predicted molar refractivity (Wildman–Crippen MR) is 36.6 cm³/mol. The maximum absolute atomic E-state index is 10.2. The lowest BCUT2D eigenvalue weighted by Gasteiger charge is -2.17. The summed E-state index contributed by atoms with van der Waals surface area (Å²) >= 11 is 0. The minimum absolute atomic E-state index is 0.0941. The third-order valence-corrected chi connectivity index (χ3v) is 2.09. The molecule has 0 saturated carbocycles. The maximum atomic E-state index is 10.2. The van der Waals surface area contributed by atoms with Gasteiger partial charge in [0, 0.05) is 6.42 Å². The number of hydrogen-bond acceptors (Lipinski definition) is 4. The highest BCUT2D eigenvalue weighted by Gasteiger charge is 2.25. The molecule has 4 N–H and O–H groups in total. The first-order valence-electron chi connectivity index (χ1n) is 3.64. The Morgan fingerprint density at radius 2 is 2.42 bits per heavy atom. The van der Waals surface area contributed by atoms with Crippen LogP contribution in [0.5, 0.6) is 0 Å². The molecule has 0 aromatic heterocycles. The summed E-state index contributed by atoms with van der Waals surface area (Å²) in [5.41, 5.74) is 3.64. The summed E-state index contributed by atoms with van der Waals surface area (Å²) in [6.07, 6.45) is 1.15. The van der Waals surface area contributed by atoms with E-state index in [2.05, 4.69) is 10.3 Å². The molecule has 1 rings (SSSR count). The molecule has 0 aliphatic carbocycles. The van der Waals surface area contributed by atoms with Crippen LogP contribution >= 0.6 is 7.82 Å². The molecular weight excluding hydrogens is 185 g/mol. The highest BCUT2D eigenvalue weighted by atomic mass is 31.2. The molecular formula is C5H12NO5P. The van der Waals surface area contributed by atoms with Crippen LogP contribution in [0.25, 0.3) is 0 Å². The molecule has 0 bridgehead atoms. The summed E-state index contributed by atoms with van der Waals surface area (Å²) in [5, 5.41) is 0. The first kappa shape index (κ1) is 10.1. The Labute approximate surface area is 69.9 Å². The van der Waals surface area contributed by atoms with Crippen molar-refractivity contribution >= 4 is 7.82 Å². The Hall–Kier alpha value is 0.0300. The van der Waals surface area contributed by atoms with Crippen molar-refractivity contribution in [1.29, 1.82) is 0 Å². The molecule has 0 amide bonds. The summed E-state index contributed by atoms with van der Waals surface area (Å²) < 4.78 is 19.5. The van der Waals surface area contributed by atoms with Gasteiger partial charge in [-0.2, -0.15) is 0 Å². The average molecular weight is 197 g/mol. The largest absolute Gasteiger partial charge is 0.756 e. The highest BCUT2D eigenvalue weighted by molar-refractivity contribution is 7.44. The topological polar surface area (TPSA) is 106 Å². The molecule has 1 saturated heterocycles. The molecule has 72 valence electrons. The zero-order chi connectivity index (χ0) is 9.19. The summed E-state index contributed by atoms with van der Waals surface area (Å²) in [6, 6.07) is 0. The Morgan fingerprint density at radius 3 is 2.83 bits per heavy atom.